The third-order valence-electron chi connectivity index (χ3n) is 4.12. The molecule has 2 rings (SSSR count). The van der Waals surface area contributed by atoms with Crippen molar-refractivity contribution in [2.45, 2.75) is 20.3 Å². The number of carbonyl (C=O) groups excluding carboxylic acids is 2. The third kappa shape index (κ3) is 5.83. The van der Waals surface area contributed by atoms with Crippen molar-refractivity contribution < 1.29 is 14.3 Å². The lowest BCUT2D eigenvalue weighted by Crippen LogP contribution is -2.35. The first-order valence-electron chi connectivity index (χ1n) is 8.72. The Labute approximate surface area is 179 Å². The molecule has 0 fully saturated rings. The quantitative estimate of drug-likeness (QED) is 0.487. The van der Waals surface area contributed by atoms with Crippen LogP contribution in [0.3, 0.4) is 0 Å². The second-order valence-electron chi connectivity index (χ2n) is 6.24. The van der Waals surface area contributed by atoms with Gasteiger partial charge in [-0.05, 0) is 43.7 Å². The zero-order valence-corrected chi connectivity index (χ0v) is 17.8. The predicted octanol–water partition coefficient (Wildman–Crippen LogP) is 3.85. The minimum Gasteiger partial charge on any atom is -0.452 e. The maximum absolute atomic E-state index is 12.6. The summed E-state index contributed by atoms with van der Waals surface area (Å²) in [5, 5.41) is 14.0. The van der Waals surface area contributed by atoms with Gasteiger partial charge in [-0.25, -0.2) is 4.79 Å². The first kappa shape index (κ1) is 22.5. The molecule has 0 unspecified atom stereocenters. The Bertz CT molecular complexity index is 992. The minimum absolute atomic E-state index is 0.139. The molecule has 0 atom stereocenters. The number of halogens is 2. The van der Waals surface area contributed by atoms with Crippen LogP contribution in [-0.4, -0.2) is 34.8 Å². The molecule has 7 nitrogen and oxygen atoms in total. The molecule has 0 spiro atoms. The molecule has 0 radical (unpaired) electrons. The van der Waals surface area contributed by atoms with E-state index in [1.165, 1.54) is 21.7 Å². The highest BCUT2D eigenvalue weighted by atomic mass is 35.5. The Balaban J connectivity index is 2.05. The van der Waals surface area contributed by atoms with Gasteiger partial charge >= 0.3 is 5.97 Å². The lowest BCUT2D eigenvalue weighted by Gasteiger charge is -2.22. The molecule has 1 amide bonds. The first-order chi connectivity index (χ1) is 13.7. The average molecular weight is 435 g/mol. The Hall–Kier alpha value is -2.82. The van der Waals surface area contributed by atoms with Crippen molar-refractivity contribution >= 4 is 46.8 Å². The number of aromatic nitrogens is 2. The summed E-state index contributed by atoms with van der Waals surface area (Å²) >= 11 is 12.1. The molecule has 0 bridgehead atoms. The van der Waals surface area contributed by atoms with Gasteiger partial charge < -0.3 is 9.64 Å². The summed E-state index contributed by atoms with van der Waals surface area (Å²) < 4.78 is 6.54. The minimum atomic E-state index is -0.690. The Kier molecular flexibility index (Phi) is 7.82. The molecule has 152 valence electrons. The van der Waals surface area contributed by atoms with Crippen LogP contribution in [0.5, 0.6) is 0 Å². The van der Waals surface area contributed by atoms with E-state index in [2.05, 4.69) is 5.10 Å². The van der Waals surface area contributed by atoms with Crippen LogP contribution in [-0.2, 0) is 21.4 Å². The smallest absolute Gasteiger partial charge is 0.331 e. The number of nitrogens with zero attached hydrogens (tertiary/aromatic N) is 4. The van der Waals surface area contributed by atoms with Gasteiger partial charge in [-0.2, -0.15) is 10.4 Å². The van der Waals surface area contributed by atoms with Crippen molar-refractivity contribution in [3.63, 3.8) is 0 Å². The standard InChI is InChI=1S/C20H20Cl2N4O3/c1-13-11-15(5-7-17(13)21)26(10-4-9-23)18(27)12-29-19(28)8-6-16-14(2)24-25(3)20(16)22/h5-8,11H,4,10,12H2,1-3H3/b8-6+. The van der Waals surface area contributed by atoms with E-state index in [4.69, 9.17) is 33.2 Å². The number of anilines is 1. The fourth-order valence-corrected chi connectivity index (χ4v) is 2.96. The number of benzene rings is 1. The first-order valence-corrected chi connectivity index (χ1v) is 9.47. The van der Waals surface area contributed by atoms with E-state index in [1.54, 1.807) is 32.2 Å². The van der Waals surface area contributed by atoms with Gasteiger partial charge in [0, 0.05) is 35.9 Å². The van der Waals surface area contributed by atoms with Gasteiger partial charge in [0.2, 0.25) is 0 Å². The number of aryl methyl sites for hydroxylation is 3. The van der Waals surface area contributed by atoms with Crippen LogP contribution in [0.25, 0.3) is 6.08 Å². The van der Waals surface area contributed by atoms with E-state index in [-0.39, 0.29) is 13.0 Å². The number of nitriles is 1. The van der Waals surface area contributed by atoms with Crippen LogP contribution in [0.2, 0.25) is 10.2 Å². The highest BCUT2D eigenvalue weighted by Gasteiger charge is 2.18. The molecule has 1 heterocycles. The molecule has 2 aromatic rings. The average Bonchev–Trinajstić information content (AvgIpc) is 2.92. The summed E-state index contributed by atoms with van der Waals surface area (Å²) in [6.45, 7) is 3.29. The van der Waals surface area contributed by atoms with Gasteiger partial charge in [0.05, 0.1) is 18.2 Å². The van der Waals surface area contributed by atoms with E-state index >= 15 is 0 Å². The number of amides is 1. The largest absolute Gasteiger partial charge is 0.452 e. The normalized spacial score (nSPS) is 10.8. The van der Waals surface area contributed by atoms with Crippen molar-refractivity contribution in [3.8, 4) is 6.07 Å². The number of hydrogen-bond acceptors (Lipinski definition) is 5. The molecule has 0 aliphatic rings. The van der Waals surface area contributed by atoms with E-state index in [1.807, 2.05) is 13.0 Å². The lowest BCUT2D eigenvalue weighted by molar-refractivity contribution is -0.142. The topological polar surface area (TPSA) is 88.2 Å². The maximum atomic E-state index is 12.6. The Morgan fingerprint density at radius 2 is 2.07 bits per heavy atom. The van der Waals surface area contributed by atoms with Crippen LogP contribution >= 0.6 is 23.2 Å². The highest BCUT2D eigenvalue weighted by Crippen LogP contribution is 2.23. The van der Waals surface area contributed by atoms with Gasteiger partial charge in [0.15, 0.2) is 6.61 Å². The SMILES string of the molecule is Cc1cc(N(CCC#N)C(=O)COC(=O)/C=C/c2c(C)nn(C)c2Cl)ccc1Cl. The van der Waals surface area contributed by atoms with E-state index in [9.17, 15) is 9.59 Å². The maximum Gasteiger partial charge on any atom is 0.331 e. The van der Waals surface area contributed by atoms with Crippen LogP contribution in [0, 0.1) is 25.2 Å². The summed E-state index contributed by atoms with van der Waals surface area (Å²) in [7, 11) is 1.69. The fraction of sp³-hybridized carbons (Fsp3) is 0.300. The number of carbonyl (C=O) groups is 2. The molecule has 1 aromatic heterocycles. The Morgan fingerprint density at radius 3 is 2.66 bits per heavy atom. The second-order valence-corrected chi connectivity index (χ2v) is 7.01. The van der Waals surface area contributed by atoms with Crippen LogP contribution < -0.4 is 4.90 Å². The van der Waals surface area contributed by atoms with Gasteiger partial charge in [0.25, 0.3) is 5.91 Å². The second kappa shape index (κ2) is 10.1. The monoisotopic (exact) mass is 434 g/mol. The van der Waals surface area contributed by atoms with Gasteiger partial charge in [-0.15, -0.1) is 0 Å². The van der Waals surface area contributed by atoms with Crippen LogP contribution in [0.4, 0.5) is 5.69 Å². The molecule has 0 aliphatic carbocycles. The summed E-state index contributed by atoms with van der Waals surface area (Å²) in [4.78, 5) is 26.0. The van der Waals surface area contributed by atoms with Crippen LogP contribution in [0.15, 0.2) is 24.3 Å². The lowest BCUT2D eigenvalue weighted by atomic mass is 10.2. The van der Waals surface area contributed by atoms with Crippen LogP contribution in [0.1, 0.15) is 23.2 Å². The molecule has 0 N–H and O–H groups in total. The molecule has 9 heteroatoms. The van der Waals surface area contributed by atoms with E-state index in [0.717, 1.165) is 5.56 Å². The molecular formula is C20H20Cl2N4O3. The number of esters is 1. The van der Waals surface area contributed by atoms with Gasteiger partial charge in [-0.1, -0.05) is 23.2 Å². The zero-order chi connectivity index (χ0) is 21.6. The predicted molar refractivity (Wildman–Crippen MR) is 112 cm³/mol. The fourth-order valence-electron chi connectivity index (χ4n) is 2.60. The number of rotatable bonds is 7. The molecule has 0 saturated carbocycles. The molecule has 0 saturated heterocycles. The van der Waals surface area contributed by atoms with Gasteiger partial charge in [0.1, 0.15) is 5.15 Å². The van der Waals surface area contributed by atoms with Crippen molar-refractivity contribution in [2.24, 2.45) is 7.05 Å². The van der Waals surface area contributed by atoms with E-state index < -0.39 is 18.5 Å². The summed E-state index contributed by atoms with van der Waals surface area (Å²) in [5.41, 5.74) is 2.64. The summed E-state index contributed by atoms with van der Waals surface area (Å²) in [6.07, 6.45) is 2.82. The third-order valence-corrected chi connectivity index (χ3v) is 4.99. The van der Waals surface area contributed by atoms with Crippen molar-refractivity contribution in [1.82, 2.24) is 9.78 Å². The zero-order valence-electron chi connectivity index (χ0n) is 16.3. The van der Waals surface area contributed by atoms with E-state index in [0.29, 0.717) is 27.1 Å². The number of hydrogen-bond donors (Lipinski definition) is 0. The molecule has 0 aliphatic heterocycles. The van der Waals surface area contributed by atoms with Gasteiger partial charge in [-0.3, -0.25) is 9.48 Å². The summed E-state index contributed by atoms with van der Waals surface area (Å²) in [5.74, 6) is -1.13. The number of ether oxygens (including phenoxy) is 1. The Morgan fingerprint density at radius 1 is 1.34 bits per heavy atom. The molecular weight excluding hydrogens is 415 g/mol. The molecule has 1 aromatic carbocycles. The molecule has 29 heavy (non-hydrogen) atoms. The van der Waals surface area contributed by atoms with Crippen molar-refractivity contribution in [1.29, 1.82) is 5.26 Å². The van der Waals surface area contributed by atoms with Crippen molar-refractivity contribution in [3.05, 3.63) is 51.3 Å². The van der Waals surface area contributed by atoms with Crippen molar-refractivity contribution in [2.75, 3.05) is 18.1 Å². The highest BCUT2D eigenvalue weighted by molar-refractivity contribution is 6.31. The summed E-state index contributed by atoms with van der Waals surface area (Å²) in [6, 6.07) is 7.10.